The standard InChI is InChI=1S/C15H12FN3OS/c1-9-13(17-15(20)12-3-2-8-21-12)14(19-18-9)10-4-6-11(16)7-5-10/h2-8H,1H3,(H,17,20)(H,18,19). The van der Waals surface area contributed by atoms with E-state index in [1.54, 1.807) is 18.2 Å². The van der Waals surface area contributed by atoms with Crippen molar-refractivity contribution in [2.24, 2.45) is 0 Å². The van der Waals surface area contributed by atoms with Gasteiger partial charge < -0.3 is 5.32 Å². The van der Waals surface area contributed by atoms with Gasteiger partial charge in [-0.2, -0.15) is 5.10 Å². The van der Waals surface area contributed by atoms with E-state index in [0.717, 1.165) is 11.3 Å². The lowest BCUT2D eigenvalue weighted by Gasteiger charge is -2.06. The van der Waals surface area contributed by atoms with Crippen molar-refractivity contribution >= 4 is 22.9 Å². The van der Waals surface area contributed by atoms with Crippen LogP contribution < -0.4 is 5.32 Å². The van der Waals surface area contributed by atoms with Gasteiger partial charge in [-0.25, -0.2) is 4.39 Å². The Morgan fingerprint density at radius 1 is 1.29 bits per heavy atom. The molecule has 2 N–H and O–H groups in total. The van der Waals surface area contributed by atoms with Crippen LogP contribution in [0, 0.1) is 12.7 Å². The summed E-state index contributed by atoms with van der Waals surface area (Å²) in [5.41, 5.74) is 2.69. The number of amides is 1. The molecular formula is C15H12FN3OS. The summed E-state index contributed by atoms with van der Waals surface area (Å²) < 4.78 is 13.0. The highest BCUT2D eigenvalue weighted by Crippen LogP contribution is 2.29. The second-order valence-electron chi connectivity index (χ2n) is 4.51. The van der Waals surface area contributed by atoms with Gasteiger partial charge in [0.1, 0.15) is 11.5 Å². The van der Waals surface area contributed by atoms with Crippen molar-refractivity contribution in [2.45, 2.75) is 6.92 Å². The molecule has 106 valence electrons. The number of H-pyrrole nitrogens is 1. The van der Waals surface area contributed by atoms with E-state index < -0.39 is 0 Å². The fourth-order valence-corrected chi connectivity index (χ4v) is 2.60. The molecule has 0 atom stereocenters. The number of aryl methyl sites for hydroxylation is 1. The molecule has 0 spiro atoms. The van der Waals surface area contributed by atoms with Crippen LogP contribution in [0.1, 0.15) is 15.4 Å². The molecule has 0 aliphatic carbocycles. The van der Waals surface area contributed by atoms with Crippen LogP contribution in [-0.2, 0) is 0 Å². The Morgan fingerprint density at radius 3 is 2.71 bits per heavy atom. The predicted molar refractivity (Wildman–Crippen MR) is 81.0 cm³/mol. The highest BCUT2D eigenvalue weighted by molar-refractivity contribution is 7.12. The van der Waals surface area contributed by atoms with Crippen molar-refractivity contribution in [3.05, 3.63) is 58.2 Å². The number of nitrogens with zero attached hydrogens (tertiary/aromatic N) is 1. The van der Waals surface area contributed by atoms with Crippen molar-refractivity contribution in [3.63, 3.8) is 0 Å². The Balaban J connectivity index is 1.94. The number of thiophene rings is 1. The van der Waals surface area contributed by atoms with Crippen LogP contribution in [0.5, 0.6) is 0 Å². The number of aromatic nitrogens is 2. The number of halogens is 1. The minimum absolute atomic E-state index is 0.183. The number of aromatic amines is 1. The molecule has 0 saturated heterocycles. The lowest BCUT2D eigenvalue weighted by Crippen LogP contribution is -2.11. The molecule has 3 rings (SSSR count). The van der Waals surface area contributed by atoms with Crippen molar-refractivity contribution in [2.75, 3.05) is 5.32 Å². The third-order valence-electron chi connectivity index (χ3n) is 3.05. The van der Waals surface area contributed by atoms with Gasteiger partial charge in [0.25, 0.3) is 5.91 Å². The molecule has 0 aliphatic heterocycles. The first kappa shape index (κ1) is 13.5. The maximum absolute atomic E-state index is 13.0. The van der Waals surface area contributed by atoms with Gasteiger partial charge >= 0.3 is 0 Å². The lowest BCUT2D eigenvalue weighted by atomic mass is 10.1. The van der Waals surface area contributed by atoms with Gasteiger partial charge in [0.15, 0.2) is 0 Å². The summed E-state index contributed by atoms with van der Waals surface area (Å²) in [6, 6.07) is 9.57. The highest BCUT2D eigenvalue weighted by atomic mass is 32.1. The van der Waals surface area contributed by atoms with Gasteiger partial charge in [0, 0.05) is 5.56 Å². The predicted octanol–water partition coefficient (Wildman–Crippen LogP) is 3.84. The lowest BCUT2D eigenvalue weighted by molar-refractivity contribution is 0.103. The van der Waals surface area contributed by atoms with Crippen LogP contribution in [0.4, 0.5) is 10.1 Å². The molecular weight excluding hydrogens is 289 g/mol. The van der Waals surface area contributed by atoms with E-state index in [2.05, 4.69) is 15.5 Å². The van der Waals surface area contributed by atoms with Gasteiger partial charge in [-0.15, -0.1) is 11.3 Å². The molecule has 3 aromatic rings. The van der Waals surface area contributed by atoms with Crippen molar-refractivity contribution in [3.8, 4) is 11.3 Å². The van der Waals surface area contributed by atoms with E-state index in [0.29, 0.717) is 16.3 Å². The number of carbonyl (C=O) groups excluding carboxylic acids is 1. The molecule has 4 nitrogen and oxygen atoms in total. The van der Waals surface area contributed by atoms with Crippen LogP contribution in [0.15, 0.2) is 41.8 Å². The molecule has 0 saturated carbocycles. The monoisotopic (exact) mass is 301 g/mol. The summed E-state index contributed by atoms with van der Waals surface area (Å²) in [6.07, 6.45) is 0. The first-order chi connectivity index (χ1) is 10.1. The van der Waals surface area contributed by atoms with Crippen LogP contribution in [0.2, 0.25) is 0 Å². The summed E-state index contributed by atoms with van der Waals surface area (Å²) >= 11 is 1.37. The minimum Gasteiger partial charge on any atom is -0.318 e. The van der Waals surface area contributed by atoms with Gasteiger partial charge in [-0.05, 0) is 42.6 Å². The number of carbonyl (C=O) groups is 1. The molecule has 0 bridgehead atoms. The van der Waals surface area contributed by atoms with Crippen molar-refractivity contribution in [1.29, 1.82) is 0 Å². The fraction of sp³-hybridized carbons (Fsp3) is 0.0667. The van der Waals surface area contributed by atoms with Crippen molar-refractivity contribution < 1.29 is 9.18 Å². The number of rotatable bonds is 3. The van der Waals surface area contributed by atoms with Gasteiger partial charge in [-0.1, -0.05) is 6.07 Å². The van der Waals surface area contributed by atoms with Gasteiger partial charge in [0.05, 0.1) is 16.3 Å². The van der Waals surface area contributed by atoms with Crippen molar-refractivity contribution in [1.82, 2.24) is 10.2 Å². The second-order valence-corrected chi connectivity index (χ2v) is 5.46. The largest absolute Gasteiger partial charge is 0.318 e. The average molecular weight is 301 g/mol. The summed E-state index contributed by atoms with van der Waals surface area (Å²) in [7, 11) is 0. The van der Waals surface area contributed by atoms with Crippen LogP contribution >= 0.6 is 11.3 Å². The van der Waals surface area contributed by atoms with E-state index in [1.807, 2.05) is 18.4 Å². The van der Waals surface area contributed by atoms with Crippen LogP contribution in [0.3, 0.4) is 0 Å². The molecule has 6 heteroatoms. The summed E-state index contributed by atoms with van der Waals surface area (Å²) in [6.45, 7) is 1.82. The number of benzene rings is 1. The third kappa shape index (κ3) is 2.71. The van der Waals surface area contributed by atoms with E-state index in [-0.39, 0.29) is 11.7 Å². The summed E-state index contributed by atoms with van der Waals surface area (Å²) in [4.78, 5) is 12.8. The molecule has 2 aromatic heterocycles. The Hall–Kier alpha value is -2.47. The first-order valence-corrected chi connectivity index (χ1v) is 7.19. The Labute approximate surface area is 124 Å². The van der Waals surface area contributed by atoms with Crippen LogP contribution in [-0.4, -0.2) is 16.1 Å². The maximum Gasteiger partial charge on any atom is 0.265 e. The first-order valence-electron chi connectivity index (χ1n) is 6.31. The molecule has 21 heavy (non-hydrogen) atoms. The number of anilines is 1. The normalized spacial score (nSPS) is 10.6. The van der Waals surface area contributed by atoms with Gasteiger partial charge in [0.2, 0.25) is 0 Å². The molecule has 0 unspecified atom stereocenters. The molecule has 0 radical (unpaired) electrons. The molecule has 0 aliphatic rings. The fourth-order valence-electron chi connectivity index (χ4n) is 1.98. The maximum atomic E-state index is 13.0. The summed E-state index contributed by atoms with van der Waals surface area (Å²) in [5.74, 6) is -0.493. The van der Waals surface area contributed by atoms with E-state index >= 15 is 0 Å². The number of hydrogen-bond acceptors (Lipinski definition) is 3. The SMILES string of the molecule is Cc1[nH]nc(-c2ccc(F)cc2)c1NC(=O)c1cccs1. The van der Waals surface area contributed by atoms with E-state index in [9.17, 15) is 9.18 Å². The zero-order chi connectivity index (χ0) is 14.8. The highest BCUT2D eigenvalue weighted by Gasteiger charge is 2.16. The minimum atomic E-state index is -0.310. The summed E-state index contributed by atoms with van der Waals surface area (Å²) in [5, 5.41) is 11.7. The molecule has 1 aromatic carbocycles. The smallest absolute Gasteiger partial charge is 0.265 e. The Bertz CT molecular complexity index is 763. The zero-order valence-corrected chi connectivity index (χ0v) is 12.0. The zero-order valence-electron chi connectivity index (χ0n) is 11.2. The second kappa shape index (κ2) is 5.49. The number of nitrogens with one attached hydrogen (secondary N) is 2. The molecule has 0 fully saturated rings. The Kier molecular flexibility index (Phi) is 3.53. The quantitative estimate of drug-likeness (QED) is 0.772. The third-order valence-corrected chi connectivity index (χ3v) is 3.92. The van der Waals surface area contributed by atoms with E-state index in [4.69, 9.17) is 0 Å². The Morgan fingerprint density at radius 2 is 2.05 bits per heavy atom. The average Bonchev–Trinajstić information content (AvgIpc) is 3.11. The van der Waals surface area contributed by atoms with Crippen LogP contribution in [0.25, 0.3) is 11.3 Å². The molecule has 1 amide bonds. The van der Waals surface area contributed by atoms with E-state index in [1.165, 1.54) is 23.5 Å². The van der Waals surface area contributed by atoms with Gasteiger partial charge in [-0.3, -0.25) is 9.89 Å². The molecule has 2 heterocycles. The topological polar surface area (TPSA) is 57.8 Å². The number of hydrogen-bond donors (Lipinski definition) is 2.